The smallest absolute Gasteiger partial charge is 0.344 e. The summed E-state index contributed by atoms with van der Waals surface area (Å²) >= 11 is 0. The summed E-state index contributed by atoms with van der Waals surface area (Å²) in [5.74, 6) is -0.675. The average Bonchev–Trinajstić information content (AvgIpc) is 2.98. The van der Waals surface area contributed by atoms with Crippen molar-refractivity contribution in [3.05, 3.63) is 46.8 Å². The lowest BCUT2D eigenvalue weighted by Gasteiger charge is -2.07. The maximum absolute atomic E-state index is 12.2. The molecule has 0 saturated heterocycles. The van der Waals surface area contributed by atoms with E-state index in [2.05, 4.69) is 17.4 Å². The molecule has 7 heteroatoms. The number of amides is 1. The minimum Gasteiger partial charge on any atom is -0.454 e. The van der Waals surface area contributed by atoms with Gasteiger partial charge in [-0.2, -0.15) is 0 Å². The highest BCUT2D eigenvalue weighted by atomic mass is 16.5. The van der Waals surface area contributed by atoms with Gasteiger partial charge in [0.25, 0.3) is 0 Å². The normalized spacial score (nSPS) is 10.5. The molecule has 0 atom stereocenters. The third-order valence-corrected chi connectivity index (χ3v) is 4.07. The topological polar surface area (TPSA) is 98.5 Å². The van der Waals surface area contributed by atoms with Crippen molar-refractivity contribution in [2.24, 2.45) is 0 Å². The molecular weight excluding hydrogens is 348 g/mol. The van der Waals surface area contributed by atoms with Gasteiger partial charge < -0.3 is 14.6 Å². The van der Waals surface area contributed by atoms with Gasteiger partial charge in [0.15, 0.2) is 12.4 Å². The molecule has 1 aromatic heterocycles. The molecular formula is C20H24N2O5. The van der Waals surface area contributed by atoms with E-state index in [-0.39, 0.29) is 23.9 Å². The van der Waals surface area contributed by atoms with Crippen LogP contribution in [0.2, 0.25) is 0 Å². The van der Waals surface area contributed by atoms with Gasteiger partial charge >= 0.3 is 5.97 Å². The van der Waals surface area contributed by atoms with Gasteiger partial charge in [0.2, 0.25) is 5.91 Å². The number of Topliss-reactive ketones (excluding diaryl/α,β-unsaturated/α-hetero) is 1. The van der Waals surface area contributed by atoms with Gasteiger partial charge in [0, 0.05) is 17.7 Å². The molecule has 27 heavy (non-hydrogen) atoms. The minimum absolute atomic E-state index is 0.0454. The fourth-order valence-electron chi connectivity index (χ4n) is 2.56. The van der Waals surface area contributed by atoms with Gasteiger partial charge in [0.1, 0.15) is 11.3 Å². The lowest BCUT2D eigenvalue weighted by molar-refractivity contribution is -0.116. The van der Waals surface area contributed by atoms with Crippen LogP contribution in [0.25, 0.3) is 0 Å². The molecule has 1 amide bonds. The van der Waals surface area contributed by atoms with Crippen molar-refractivity contribution in [1.82, 2.24) is 5.16 Å². The lowest BCUT2D eigenvalue weighted by Crippen LogP contribution is -2.15. The summed E-state index contributed by atoms with van der Waals surface area (Å²) in [7, 11) is 0. The molecule has 2 rings (SSSR count). The Kier molecular flexibility index (Phi) is 7.28. The second-order valence-electron chi connectivity index (χ2n) is 6.28. The summed E-state index contributed by atoms with van der Waals surface area (Å²) in [6, 6.07) is 6.49. The number of ketones is 1. The second-order valence-corrected chi connectivity index (χ2v) is 6.28. The highest BCUT2D eigenvalue weighted by Crippen LogP contribution is 2.15. The minimum atomic E-state index is -0.643. The zero-order valence-electron chi connectivity index (χ0n) is 15.8. The van der Waals surface area contributed by atoms with E-state index in [9.17, 15) is 14.4 Å². The number of hydrogen-bond donors (Lipinski definition) is 1. The number of esters is 1. The quantitative estimate of drug-likeness (QED) is 0.408. The number of ether oxygens (including phenoxy) is 1. The fraction of sp³-hybridized carbons (Fsp3) is 0.400. The standard InChI is InChI=1S/C20H24N2O5/c1-4-5-6-7-18(24)21-16-10-8-15(9-11-16)17(23)12-26-20(25)19-13(2)22-27-14(19)3/h8-11H,4-7,12H2,1-3H3,(H,21,24). The summed E-state index contributed by atoms with van der Waals surface area (Å²) < 4.78 is 9.97. The predicted octanol–water partition coefficient (Wildman–Crippen LogP) is 3.85. The van der Waals surface area contributed by atoms with Crippen molar-refractivity contribution in [3.8, 4) is 0 Å². The van der Waals surface area contributed by atoms with Gasteiger partial charge in [0.05, 0.1) is 5.69 Å². The highest BCUT2D eigenvalue weighted by Gasteiger charge is 2.20. The van der Waals surface area contributed by atoms with Crippen molar-refractivity contribution in [1.29, 1.82) is 0 Å². The van der Waals surface area contributed by atoms with Crippen molar-refractivity contribution >= 4 is 23.3 Å². The summed E-state index contributed by atoms with van der Waals surface area (Å²) in [6.45, 7) is 4.93. The van der Waals surface area contributed by atoms with Crippen LogP contribution in [0.3, 0.4) is 0 Å². The third-order valence-electron chi connectivity index (χ3n) is 4.07. The zero-order valence-corrected chi connectivity index (χ0v) is 15.8. The van der Waals surface area contributed by atoms with Gasteiger partial charge in [-0.1, -0.05) is 24.9 Å². The zero-order chi connectivity index (χ0) is 19.8. The molecule has 0 fully saturated rings. The Morgan fingerprint density at radius 2 is 1.81 bits per heavy atom. The van der Waals surface area contributed by atoms with E-state index >= 15 is 0 Å². The van der Waals surface area contributed by atoms with E-state index < -0.39 is 5.97 Å². The Morgan fingerprint density at radius 1 is 1.11 bits per heavy atom. The first-order chi connectivity index (χ1) is 12.9. The molecule has 1 aromatic carbocycles. The van der Waals surface area contributed by atoms with Crippen molar-refractivity contribution in [2.75, 3.05) is 11.9 Å². The molecule has 0 unspecified atom stereocenters. The van der Waals surface area contributed by atoms with Gasteiger partial charge in [-0.15, -0.1) is 0 Å². The van der Waals surface area contributed by atoms with Gasteiger partial charge in [-0.05, 0) is 44.5 Å². The molecule has 2 aromatic rings. The highest BCUT2D eigenvalue weighted by molar-refractivity contribution is 6.00. The summed E-state index contributed by atoms with van der Waals surface area (Å²) in [5, 5.41) is 6.48. The molecule has 0 radical (unpaired) electrons. The monoisotopic (exact) mass is 372 g/mol. The number of carbonyl (C=O) groups excluding carboxylic acids is 3. The first kappa shape index (κ1) is 20.4. The van der Waals surface area contributed by atoms with Crippen LogP contribution in [-0.2, 0) is 9.53 Å². The molecule has 1 heterocycles. The number of aryl methyl sites for hydroxylation is 2. The van der Waals surface area contributed by atoms with Crippen molar-refractivity contribution in [3.63, 3.8) is 0 Å². The number of unbranched alkanes of at least 4 members (excludes halogenated alkanes) is 2. The molecule has 0 aliphatic rings. The van der Waals surface area contributed by atoms with E-state index in [1.54, 1.807) is 38.1 Å². The Bertz CT molecular complexity index is 789. The van der Waals surface area contributed by atoms with Crippen LogP contribution in [0, 0.1) is 13.8 Å². The van der Waals surface area contributed by atoms with E-state index in [1.807, 2.05) is 0 Å². The van der Waals surface area contributed by atoms with E-state index in [1.165, 1.54) is 0 Å². The van der Waals surface area contributed by atoms with Crippen LogP contribution in [-0.4, -0.2) is 29.4 Å². The van der Waals surface area contributed by atoms with Crippen LogP contribution in [0.4, 0.5) is 5.69 Å². The second kappa shape index (κ2) is 9.66. The van der Waals surface area contributed by atoms with Crippen LogP contribution in [0.1, 0.15) is 64.8 Å². The average molecular weight is 372 g/mol. The number of aromatic nitrogens is 1. The predicted molar refractivity (Wildman–Crippen MR) is 99.8 cm³/mol. The molecule has 0 aliphatic heterocycles. The molecule has 0 spiro atoms. The number of hydrogen-bond acceptors (Lipinski definition) is 6. The molecule has 144 valence electrons. The lowest BCUT2D eigenvalue weighted by atomic mass is 10.1. The van der Waals surface area contributed by atoms with E-state index in [0.29, 0.717) is 29.1 Å². The molecule has 7 nitrogen and oxygen atoms in total. The Balaban J connectivity index is 1.86. The van der Waals surface area contributed by atoms with Gasteiger partial charge in [-0.3, -0.25) is 9.59 Å². The molecule has 1 N–H and O–H groups in total. The summed E-state index contributed by atoms with van der Waals surface area (Å²) in [4.78, 5) is 36.0. The molecule has 0 saturated carbocycles. The molecule has 0 bridgehead atoms. The summed E-state index contributed by atoms with van der Waals surface area (Å²) in [5.41, 5.74) is 1.68. The SMILES string of the molecule is CCCCCC(=O)Nc1ccc(C(=O)COC(=O)c2c(C)noc2C)cc1. The Hall–Kier alpha value is -2.96. The Labute approximate surface area is 158 Å². The fourth-order valence-corrected chi connectivity index (χ4v) is 2.56. The third kappa shape index (κ3) is 5.77. The number of rotatable bonds is 9. The first-order valence-corrected chi connectivity index (χ1v) is 8.95. The number of nitrogens with one attached hydrogen (secondary N) is 1. The van der Waals surface area contributed by atoms with Crippen molar-refractivity contribution in [2.45, 2.75) is 46.5 Å². The maximum Gasteiger partial charge on any atom is 0.344 e. The van der Waals surface area contributed by atoms with Crippen LogP contribution in [0.5, 0.6) is 0 Å². The largest absolute Gasteiger partial charge is 0.454 e. The van der Waals surface area contributed by atoms with Crippen LogP contribution in [0.15, 0.2) is 28.8 Å². The maximum atomic E-state index is 12.2. The number of carbonyl (C=O) groups is 3. The van der Waals surface area contributed by atoms with Crippen LogP contribution >= 0.6 is 0 Å². The van der Waals surface area contributed by atoms with Gasteiger partial charge in [-0.25, -0.2) is 4.79 Å². The Morgan fingerprint density at radius 3 is 2.41 bits per heavy atom. The van der Waals surface area contributed by atoms with Crippen molar-refractivity contribution < 1.29 is 23.6 Å². The number of anilines is 1. The number of benzene rings is 1. The number of nitrogens with zero attached hydrogens (tertiary/aromatic N) is 1. The first-order valence-electron chi connectivity index (χ1n) is 8.95. The molecule has 0 aliphatic carbocycles. The van der Waals surface area contributed by atoms with E-state index in [0.717, 1.165) is 19.3 Å². The van der Waals surface area contributed by atoms with E-state index in [4.69, 9.17) is 9.26 Å². The summed E-state index contributed by atoms with van der Waals surface area (Å²) in [6.07, 6.45) is 3.42. The van der Waals surface area contributed by atoms with Crippen LogP contribution < -0.4 is 5.32 Å².